The third kappa shape index (κ3) is 33.0. The molecule has 1 amide bonds. The van der Waals surface area contributed by atoms with Gasteiger partial charge in [0.15, 0.2) is 0 Å². The van der Waals surface area contributed by atoms with Gasteiger partial charge in [-0.2, -0.15) is 0 Å². The van der Waals surface area contributed by atoms with Crippen LogP contribution in [0, 0.1) is 0 Å². The number of hydrogen-bond donors (Lipinski definition) is 4. The molecule has 0 spiro atoms. The van der Waals surface area contributed by atoms with Crippen LogP contribution in [-0.2, 0) is 18.4 Å². The Bertz CT molecular complexity index is 835. The number of allylic oxidation sites excluding steroid dienone is 6. The number of rotatable bonds is 35. The molecule has 9 heteroatoms. The van der Waals surface area contributed by atoms with Crippen LogP contribution in [0.5, 0.6) is 0 Å². The summed E-state index contributed by atoms with van der Waals surface area (Å²) in [7, 11) is -4.30. The van der Waals surface area contributed by atoms with Crippen molar-refractivity contribution in [2.24, 2.45) is 5.73 Å². The summed E-state index contributed by atoms with van der Waals surface area (Å²) in [6.45, 7) is 4.12. The Morgan fingerprint density at radius 1 is 0.702 bits per heavy atom. The van der Waals surface area contributed by atoms with E-state index in [1.54, 1.807) is 0 Å². The normalized spacial score (nSPS) is 14.7. The topological polar surface area (TPSA) is 131 Å². The standard InChI is InChI=1S/C38H73N2O6P/c1-3-5-7-9-11-12-13-14-15-16-17-18-19-20-21-22-23-24-26-28-30-32-38(42)40-36(35-46-47(43,44)45-34-33-39)37(41)31-29-27-25-10-8-6-4-2/h13-14,16-17,19-20,36-37,41H,3-12,15,18,21-35,39H2,1-2H3,(H,40,42)(H,43,44)/b14-13-,17-16-,20-19-. The van der Waals surface area contributed by atoms with Gasteiger partial charge in [0, 0.05) is 13.0 Å². The summed E-state index contributed by atoms with van der Waals surface area (Å²) in [5.74, 6) is -0.180. The second-order valence-electron chi connectivity index (χ2n) is 12.8. The molecule has 8 nitrogen and oxygen atoms in total. The molecule has 0 aliphatic carbocycles. The zero-order chi connectivity index (χ0) is 34.7. The predicted molar refractivity (Wildman–Crippen MR) is 198 cm³/mol. The highest BCUT2D eigenvalue weighted by Crippen LogP contribution is 2.43. The SMILES string of the molecule is CCCCCCC/C=C\C/C=C\C/C=C\CCCCCCCCC(=O)NC(COP(=O)(O)OCCN)C(O)CCCCCCCCC. The molecule has 0 fully saturated rings. The molecule has 0 bridgehead atoms. The molecular weight excluding hydrogens is 611 g/mol. The number of aliphatic hydroxyl groups is 1. The van der Waals surface area contributed by atoms with Crippen molar-refractivity contribution in [1.82, 2.24) is 5.32 Å². The van der Waals surface area contributed by atoms with Crippen LogP contribution in [0.25, 0.3) is 0 Å². The summed E-state index contributed by atoms with van der Waals surface area (Å²) >= 11 is 0. The van der Waals surface area contributed by atoms with Crippen LogP contribution in [0.1, 0.15) is 168 Å². The zero-order valence-electron chi connectivity index (χ0n) is 30.3. The number of amides is 1. The van der Waals surface area contributed by atoms with Gasteiger partial charge in [-0.1, -0.05) is 147 Å². The zero-order valence-corrected chi connectivity index (χ0v) is 31.2. The Hall–Kier alpha value is -1.28. The minimum absolute atomic E-state index is 0.0850. The highest BCUT2D eigenvalue weighted by atomic mass is 31.2. The highest BCUT2D eigenvalue weighted by Gasteiger charge is 2.27. The van der Waals surface area contributed by atoms with Gasteiger partial charge in [0.2, 0.25) is 5.91 Å². The molecule has 5 N–H and O–H groups in total. The Labute approximate surface area is 289 Å². The molecule has 3 atom stereocenters. The summed E-state index contributed by atoms with van der Waals surface area (Å²) in [4.78, 5) is 22.5. The van der Waals surface area contributed by atoms with Crippen molar-refractivity contribution in [2.45, 2.75) is 180 Å². The second-order valence-corrected chi connectivity index (χ2v) is 14.2. The molecule has 0 heterocycles. The fourth-order valence-corrected chi connectivity index (χ4v) is 6.08. The molecule has 0 saturated heterocycles. The van der Waals surface area contributed by atoms with Crippen molar-refractivity contribution < 1.29 is 28.4 Å². The summed E-state index contributed by atoms with van der Waals surface area (Å²) in [6.07, 6.45) is 38.8. The van der Waals surface area contributed by atoms with Crippen molar-refractivity contribution in [3.63, 3.8) is 0 Å². The monoisotopic (exact) mass is 685 g/mol. The number of unbranched alkanes of at least 4 members (excludes halogenated alkanes) is 17. The van der Waals surface area contributed by atoms with Gasteiger partial charge < -0.3 is 21.1 Å². The summed E-state index contributed by atoms with van der Waals surface area (Å²) in [5, 5.41) is 13.6. The lowest BCUT2D eigenvalue weighted by Crippen LogP contribution is -2.46. The van der Waals surface area contributed by atoms with Crippen LogP contribution in [-0.4, -0.2) is 47.8 Å². The smallest absolute Gasteiger partial charge is 0.391 e. The van der Waals surface area contributed by atoms with E-state index >= 15 is 0 Å². The van der Waals surface area contributed by atoms with E-state index < -0.39 is 20.0 Å². The van der Waals surface area contributed by atoms with Crippen molar-refractivity contribution in [2.75, 3.05) is 19.8 Å². The van der Waals surface area contributed by atoms with E-state index in [0.29, 0.717) is 12.8 Å². The number of carbonyl (C=O) groups excluding carboxylic acids is 1. The maximum atomic E-state index is 12.7. The molecular formula is C38H73N2O6P. The van der Waals surface area contributed by atoms with Gasteiger partial charge in [-0.3, -0.25) is 13.8 Å². The van der Waals surface area contributed by atoms with E-state index in [2.05, 4.69) is 55.6 Å². The van der Waals surface area contributed by atoms with Crippen molar-refractivity contribution >= 4 is 13.7 Å². The van der Waals surface area contributed by atoms with Crippen LogP contribution in [0.2, 0.25) is 0 Å². The first-order chi connectivity index (χ1) is 22.9. The lowest BCUT2D eigenvalue weighted by molar-refractivity contribution is -0.123. The average molecular weight is 685 g/mol. The van der Waals surface area contributed by atoms with Crippen LogP contribution in [0.15, 0.2) is 36.5 Å². The Morgan fingerprint density at radius 2 is 1.17 bits per heavy atom. The first-order valence-electron chi connectivity index (χ1n) is 19.1. The van der Waals surface area contributed by atoms with E-state index in [1.165, 1.54) is 77.0 Å². The van der Waals surface area contributed by atoms with Crippen LogP contribution >= 0.6 is 7.82 Å². The fourth-order valence-electron chi connectivity index (χ4n) is 5.32. The van der Waals surface area contributed by atoms with Crippen molar-refractivity contribution in [1.29, 1.82) is 0 Å². The summed E-state index contributed by atoms with van der Waals surface area (Å²) in [5.41, 5.74) is 5.34. The lowest BCUT2D eigenvalue weighted by atomic mass is 10.0. The Kier molecular flexibility index (Phi) is 33.6. The largest absolute Gasteiger partial charge is 0.472 e. The summed E-state index contributed by atoms with van der Waals surface area (Å²) in [6, 6.07) is -0.778. The molecule has 0 radical (unpaired) electrons. The minimum atomic E-state index is -4.30. The number of hydrogen-bond acceptors (Lipinski definition) is 6. The maximum Gasteiger partial charge on any atom is 0.472 e. The quantitative estimate of drug-likeness (QED) is 0.0297. The average Bonchev–Trinajstić information content (AvgIpc) is 3.05. The van der Waals surface area contributed by atoms with Crippen LogP contribution in [0.3, 0.4) is 0 Å². The van der Waals surface area contributed by atoms with Gasteiger partial charge >= 0.3 is 7.82 Å². The van der Waals surface area contributed by atoms with Gasteiger partial charge in [0.05, 0.1) is 25.4 Å². The third-order valence-electron chi connectivity index (χ3n) is 8.25. The Morgan fingerprint density at radius 3 is 1.70 bits per heavy atom. The van der Waals surface area contributed by atoms with Gasteiger partial charge in [0.1, 0.15) is 0 Å². The lowest BCUT2D eigenvalue weighted by Gasteiger charge is -2.25. The molecule has 0 rings (SSSR count). The van der Waals surface area contributed by atoms with Gasteiger partial charge in [-0.15, -0.1) is 0 Å². The number of phosphoric acid groups is 1. The van der Waals surface area contributed by atoms with E-state index in [1.807, 2.05) is 0 Å². The maximum absolute atomic E-state index is 12.7. The second kappa shape index (κ2) is 34.6. The van der Waals surface area contributed by atoms with Gasteiger partial charge in [-0.05, 0) is 51.4 Å². The summed E-state index contributed by atoms with van der Waals surface area (Å²) < 4.78 is 22.0. The number of carbonyl (C=O) groups is 1. The van der Waals surface area contributed by atoms with Gasteiger partial charge in [-0.25, -0.2) is 4.57 Å². The molecule has 0 aliphatic rings. The van der Waals surface area contributed by atoms with Crippen LogP contribution < -0.4 is 11.1 Å². The van der Waals surface area contributed by atoms with Crippen molar-refractivity contribution in [3.05, 3.63) is 36.5 Å². The number of aliphatic hydroxyl groups excluding tert-OH is 1. The number of phosphoric ester groups is 1. The fraction of sp³-hybridized carbons (Fsp3) is 0.816. The number of nitrogens with one attached hydrogen (secondary N) is 1. The molecule has 0 aromatic heterocycles. The first kappa shape index (κ1) is 45.7. The van der Waals surface area contributed by atoms with Crippen LogP contribution in [0.4, 0.5) is 0 Å². The third-order valence-corrected chi connectivity index (χ3v) is 9.23. The highest BCUT2D eigenvalue weighted by molar-refractivity contribution is 7.47. The first-order valence-corrected chi connectivity index (χ1v) is 20.6. The van der Waals surface area contributed by atoms with E-state index in [9.17, 15) is 19.4 Å². The van der Waals surface area contributed by atoms with Crippen molar-refractivity contribution in [3.8, 4) is 0 Å². The molecule has 47 heavy (non-hydrogen) atoms. The number of nitrogens with two attached hydrogens (primary N) is 1. The molecule has 0 aromatic carbocycles. The van der Waals surface area contributed by atoms with E-state index in [-0.39, 0.29) is 25.7 Å². The molecule has 0 saturated carbocycles. The van der Waals surface area contributed by atoms with E-state index in [0.717, 1.165) is 64.2 Å². The van der Waals surface area contributed by atoms with E-state index in [4.69, 9.17) is 14.8 Å². The molecule has 0 aromatic rings. The van der Waals surface area contributed by atoms with Gasteiger partial charge in [0.25, 0.3) is 0 Å². The molecule has 276 valence electrons. The molecule has 3 unspecified atom stereocenters. The molecule has 0 aliphatic heterocycles. The predicted octanol–water partition coefficient (Wildman–Crippen LogP) is 10.00. The minimum Gasteiger partial charge on any atom is -0.391 e. The Balaban J connectivity index is 4.12.